The Morgan fingerprint density at radius 2 is 1.09 bits per heavy atom. The highest BCUT2D eigenvalue weighted by Crippen LogP contribution is 1.69. The molecule has 0 spiro atoms. The van der Waals surface area contributed by atoms with Gasteiger partial charge in [0, 0.05) is 21.0 Å². The van der Waals surface area contributed by atoms with Crippen LogP contribution in [0.3, 0.4) is 0 Å². The van der Waals surface area contributed by atoms with Crippen LogP contribution in [0.2, 0.25) is 0 Å². The fraction of sp³-hybridized carbons (Fsp3) is 0.875. The predicted molar refractivity (Wildman–Crippen MR) is 50.7 cm³/mol. The maximum absolute atomic E-state index is 10.1. The standard InChI is InChI=1S/C4H9NO.C3H9N.CH4/c1-4(6)5(2)3;1-4(2)3;/h1-3H3;1-3H3;1H4. The summed E-state index contributed by atoms with van der Waals surface area (Å²) in [6.45, 7) is 1.53. The van der Waals surface area contributed by atoms with Crippen molar-refractivity contribution >= 4 is 5.91 Å². The van der Waals surface area contributed by atoms with E-state index in [4.69, 9.17) is 0 Å². The van der Waals surface area contributed by atoms with Crippen molar-refractivity contribution < 1.29 is 4.79 Å². The summed E-state index contributed by atoms with van der Waals surface area (Å²) in [6.07, 6.45) is 0. The van der Waals surface area contributed by atoms with Gasteiger partial charge in [-0.1, -0.05) is 7.43 Å². The van der Waals surface area contributed by atoms with E-state index in [1.165, 1.54) is 11.8 Å². The summed E-state index contributed by atoms with van der Waals surface area (Å²) >= 11 is 0. The van der Waals surface area contributed by atoms with E-state index >= 15 is 0 Å². The van der Waals surface area contributed by atoms with Gasteiger partial charge in [0.15, 0.2) is 0 Å². The van der Waals surface area contributed by atoms with Crippen molar-refractivity contribution in [2.24, 2.45) is 0 Å². The van der Waals surface area contributed by atoms with Crippen molar-refractivity contribution in [3.05, 3.63) is 0 Å². The fourth-order valence-electron chi connectivity index (χ4n) is 0. The molecule has 70 valence electrons. The van der Waals surface area contributed by atoms with Crippen LogP contribution < -0.4 is 0 Å². The van der Waals surface area contributed by atoms with Crippen LogP contribution in [0.1, 0.15) is 14.4 Å². The Bertz CT molecular complexity index is 87.3. The molecule has 0 aromatic rings. The topological polar surface area (TPSA) is 23.6 Å². The molecule has 0 aromatic heterocycles. The number of rotatable bonds is 0. The highest BCUT2D eigenvalue weighted by molar-refractivity contribution is 5.72. The number of hydrogen-bond acceptors (Lipinski definition) is 2. The van der Waals surface area contributed by atoms with Crippen LogP contribution >= 0.6 is 0 Å². The minimum atomic E-state index is 0. The van der Waals surface area contributed by atoms with E-state index in [0.717, 1.165) is 0 Å². The molecule has 0 saturated carbocycles. The van der Waals surface area contributed by atoms with E-state index < -0.39 is 0 Å². The summed E-state index contributed by atoms with van der Waals surface area (Å²) in [4.78, 5) is 13.6. The summed E-state index contributed by atoms with van der Waals surface area (Å²) in [5.41, 5.74) is 0. The lowest BCUT2D eigenvalue weighted by molar-refractivity contribution is -0.126. The van der Waals surface area contributed by atoms with Crippen LogP contribution in [0, 0.1) is 0 Å². The van der Waals surface area contributed by atoms with Crippen molar-refractivity contribution in [1.82, 2.24) is 9.80 Å². The van der Waals surface area contributed by atoms with Crippen molar-refractivity contribution in [2.75, 3.05) is 35.2 Å². The van der Waals surface area contributed by atoms with Gasteiger partial charge in [-0.05, 0) is 21.1 Å². The lowest BCUT2D eigenvalue weighted by atomic mass is 10.7. The number of carbonyl (C=O) groups excluding carboxylic acids is 1. The van der Waals surface area contributed by atoms with Crippen LogP contribution in [0.25, 0.3) is 0 Å². The minimum absolute atomic E-state index is 0. The van der Waals surface area contributed by atoms with Gasteiger partial charge in [0.1, 0.15) is 0 Å². The molecule has 0 aliphatic carbocycles. The molecule has 0 saturated heterocycles. The average Bonchev–Trinajstić information content (AvgIpc) is 1.63. The zero-order valence-electron chi connectivity index (χ0n) is 7.80. The molecule has 3 heteroatoms. The monoisotopic (exact) mass is 162 g/mol. The number of amides is 1. The van der Waals surface area contributed by atoms with Gasteiger partial charge in [0.2, 0.25) is 5.91 Å². The molecule has 0 aliphatic rings. The first-order valence-electron chi connectivity index (χ1n) is 3.16. The number of hydrogen-bond donors (Lipinski definition) is 0. The molecule has 3 nitrogen and oxygen atoms in total. The Morgan fingerprint density at radius 3 is 1.09 bits per heavy atom. The highest BCUT2D eigenvalue weighted by Gasteiger charge is 1.87. The molecule has 1 amide bonds. The minimum Gasteiger partial charge on any atom is -0.349 e. The molecule has 0 N–H and O–H groups in total. The van der Waals surface area contributed by atoms with E-state index in [9.17, 15) is 4.79 Å². The first-order chi connectivity index (χ1) is 4.37. The van der Waals surface area contributed by atoms with Gasteiger partial charge in [-0.2, -0.15) is 0 Å². The maximum atomic E-state index is 10.1. The van der Waals surface area contributed by atoms with Crippen molar-refractivity contribution in [2.45, 2.75) is 14.4 Å². The summed E-state index contributed by atoms with van der Waals surface area (Å²) in [6, 6.07) is 0. The maximum Gasteiger partial charge on any atom is 0.218 e. The molecular weight excluding hydrogens is 140 g/mol. The van der Waals surface area contributed by atoms with E-state index in [1.807, 2.05) is 26.0 Å². The Balaban J connectivity index is -0.000000114. The smallest absolute Gasteiger partial charge is 0.218 e. The third-order valence-corrected chi connectivity index (χ3v) is 0.630. The fourth-order valence-corrected chi connectivity index (χ4v) is 0. The lowest BCUT2D eigenvalue weighted by Crippen LogP contribution is -2.17. The van der Waals surface area contributed by atoms with Crippen LogP contribution in [-0.4, -0.2) is 50.9 Å². The van der Waals surface area contributed by atoms with Gasteiger partial charge in [0.05, 0.1) is 0 Å². The number of carbonyl (C=O) groups is 1. The SMILES string of the molecule is C.CC(=O)N(C)C.CN(C)C. The molecule has 0 atom stereocenters. The Labute approximate surface area is 71.0 Å². The Morgan fingerprint density at radius 1 is 1.00 bits per heavy atom. The zero-order chi connectivity index (χ0) is 8.73. The van der Waals surface area contributed by atoms with Crippen LogP contribution in [-0.2, 0) is 4.79 Å². The second kappa shape index (κ2) is 9.43. The first-order valence-corrected chi connectivity index (χ1v) is 3.16. The van der Waals surface area contributed by atoms with Gasteiger partial charge in [-0.15, -0.1) is 0 Å². The largest absolute Gasteiger partial charge is 0.349 e. The van der Waals surface area contributed by atoms with Gasteiger partial charge in [-0.3, -0.25) is 4.79 Å². The van der Waals surface area contributed by atoms with E-state index in [-0.39, 0.29) is 13.3 Å². The molecule has 0 unspecified atom stereocenters. The van der Waals surface area contributed by atoms with Crippen molar-refractivity contribution in [3.8, 4) is 0 Å². The van der Waals surface area contributed by atoms with Crippen LogP contribution in [0.15, 0.2) is 0 Å². The molecule has 0 radical (unpaired) electrons. The van der Waals surface area contributed by atoms with E-state index in [2.05, 4.69) is 0 Å². The van der Waals surface area contributed by atoms with Crippen LogP contribution in [0.4, 0.5) is 0 Å². The second-order valence-electron chi connectivity index (χ2n) is 2.76. The Kier molecular flexibility index (Phi) is 14.4. The van der Waals surface area contributed by atoms with Gasteiger partial charge in [0.25, 0.3) is 0 Å². The summed E-state index contributed by atoms with van der Waals surface area (Å²) in [5, 5.41) is 0. The molecule has 0 fully saturated rings. The summed E-state index contributed by atoms with van der Waals surface area (Å²) in [5.74, 6) is 0.0926. The molecule has 0 aliphatic heterocycles. The molecule has 0 rings (SSSR count). The summed E-state index contributed by atoms with van der Waals surface area (Å²) in [7, 11) is 9.45. The molecule has 0 aromatic carbocycles. The third kappa shape index (κ3) is 44.2. The first kappa shape index (κ1) is 16.8. The normalized spacial score (nSPS) is 7.55. The number of nitrogens with zero attached hydrogens (tertiary/aromatic N) is 2. The molecular formula is C8H22N2O. The summed E-state index contributed by atoms with van der Waals surface area (Å²) < 4.78 is 0. The second-order valence-corrected chi connectivity index (χ2v) is 2.76. The van der Waals surface area contributed by atoms with Gasteiger partial charge < -0.3 is 9.80 Å². The third-order valence-electron chi connectivity index (χ3n) is 0.630. The van der Waals surface area contributed by atoms with E-state index in [0.29, 0.717) is 0 Å². The highest BCUT2D eigenvalue weighted by atomic mass is 16.2. The Hall–Kier alpha value is -0.570. The van der Waals surface area contributed by atoms with Gasteiger partial charge >= 0.3 is 0 Å². The van der Waals surface area contributed by atoms with Gasteiger partial charge in [-0.25, -0.2) is 0 Å². The van der Waals surface area contributed by atoms with Crippen molar-refractivity contribution in [3.63, 3.8) is 0 Å². The molecule has 11 heavy (non-hydrogen) atoms. The lowest BCUT2D eigenvalue weighted by Gasteiger charge is -2.02. The van der Waals surface area contributed by atoms with E-state index in [1.54, 1.807) is 14.1 Å². The molecule has 0 heterocycles. The zero-order valence-corrected chi connectivity index (χ0v) is 7.80. The van der Waals surface area contributed by atoms with Crippen molar-refractivity contribution in [1.29, 1.82) is 0 Å². The quantitative estimate of drug-likeness (QED) is 0.528. The molecule has 0 bridgehead atoms. The predicted octanol–water partition coefficient (Wildman–Crippen LogP) is 0.908. The van der Waals surface area contributed by atoms with Crippen LogP contribution in [0.5, 0.6) is 0 Å². The average molecular weight is 162 g/mol.